The van der Waals surface area contributed by atoms with Gasteiger partial charge in [0.15, 0.2) is 0 Å². The second kappa shape index (κ2) is 18.6. The van der Waals surface area contributed by atoms with Crippen LogP contribution in [0, 0.1) is 5.92 Å². The van der Waals surface area contributed by atoms with E-state index in [0.717, 1.165) is 41.6 Å². The third kappa shape index (κ3) is 8.21. The van der Waals surface area contributed by atoms with Crippen molar-refractivity contribution in [2.24, 2.45) is 5.92 Å². The zero-order valence-corrected chi connectivity index (χ0v) is 25.6. The van der Waals surface area contributed by atoms with Gasteiger partial charge in [-0.1, -0.05) is 116 Å². The summed E-state index contributed by atoms with van der Waals surface area (Å²) in [6.07, 6.45) is 3.38. The predicted octanol–water partition coefficient (Wildman–Crippen LogP) is 10.8. The molecule has 0 saturated heterocycles. The van der Waals surface area contributed by atoms with Crippen molar-refractivity contribution in [3.05, 3.63) is 72.8 Å². The van der Waals surface area contributed by atoms with Crippen molar-refractivity contribution in [2.75, 3.05) is 19.4 Å². The maximum Gasteiger partial charge on any atom is 0.127 e. The number of ether oxygens (including phenoxy) is 2. The third-order valence-electron chi connectivity index (χ3n) is 5.80. The SMILES string of the molecule is CC.CC.CC.CC.PCCCC1COc2ccc3ccccc3c2-c2c(ccc3ccccc23)OC1. The lowest BCUT2D eigenvalue weighted by molar-refractivity contribution is 0.172. The summed E-state index contributed by atoms with van der Waals surface area (Å²) in [7, 11) is 2.82. The highest BCUT2D eigenvalue weighted by molar-refractivity contribution is 7.16. The fourth-order valence-corrected chi connectivity index (χ4v) is 4.53. The molecule has 37 heavy (non-hydrogen) atoms. The molecule has 0 radical (unpaired) electrons. The molecule has 0 aromatic heterocycles. The van der Waals surface area contributed by atoms with Crippen LogP contribution < -0.4 is 9.47 Å². The highest BCUT2D eigenvalue weighted by atomic mass is 31.0. The number of benzene rings is 4. The molecule has 0 aliphatic carbocycles. The van der Waals surface area contributed by atoms with Gasteiger partial charge in [0.05, 0.1) is 13.2 Å². The van der Waals surface area contributed by atoms with Crippen LogP contribution in [-0.4, -0.2) is 19.4 Å². The Bertz CT molecular complexity index is 1080. The van der Waals surface area contributed by atoms with Crippen LogP contribution in [-0.2, 0) is 0 Å². The van der Waals surface area contributed by atoms with Crippen LogP contribution >= 0.6 is 9.24 Å². The second-order valence-corrected chi connectivity index (χ2v) is 8.32. The number of rotatable bonds is 3. The van der Waals surface area contributed by atoms with Gasteiger partial charge >= 0.3 is 0 Å². The van der Waals surface area contributed by atoms with Crippen molar-refractivity contribution in [2.45, 2.75) is 68.2 Å². The second-order valence-electron chi connectivity index (χ2n) is 7.74. The molecule has 0 fully saturated rings. The van der Waals surface area contributed by atoms with E-state index in [1.807, 2.05) is 55.4 Å². The zero-order chi connectivity index (χ0) is 27.6. The van der Waals surface area contributed by atoms with Gasteiger partial charge in [-0.3, -0.25) is 0 Å². The van der Waals surface area contributed by atoms with E-state index < -0.39 is 0 Å². The summed E-state index contributed by atoms with van der Waals surface area (Å²) in [6, 6.07) is 25.7. The Morgan fingerprint density at radius 3 is 1.41 bits per heavy atom. The Morgan fingerprint density at radius 2 is 1.00 bits per heavy atom. The molecule has 202 valence electrons. The molecule has 3 heteroatoms. The van der Waals surface area contributed by atoms with E-state index in [2.05, 4.69) is 82.0 Å². The van der Waals surface area contributed by atoms with Gasteiger partial charge in [0.2, 0.25) is 0 Å². The Balaban J connectivity index is 0.000000784. The zero-order valence-electron chi connectivity index (χ0n) is 24.4. The van der Waals surface area contributed by atoms with Crippen molar-refractivity contribution in [1.29, 1.82) is 0 Å². The van der Waals surface area contributed by atoms with Gasteiger partial charge in [0, 0.05) is 17.0 Å². The highest BCUT2D eigenvalue weighted by Gasteiger charge is 2.22. The maximum absolute atomic E-state index is 6.45. The normalized spacial score (nSPS) is 11.8. The topological polar surface area (TPSA) is 18.5 Å². The van der Waals surface area contributed by atoms with Gasteiger partial charge in [-0.2, -0.15) is 0 Å². The van der Waals surface area contributed by atoms with Crippen LogP contribution in [0.2, 0.25) is 0 Å². The van der Waals surface area contributed by atoms with Crippen molar-refractivity contribution in [3.8, 4) is 22.6 Å². The fraction of sp³-hybridized carbons (Fsp3) is 0.412. The molecule has 1 aliphatic heterocycles. The Labute approximate surface area is 229 Å². The van der Waals surface area contributed by atoms with E-state index in [1.165, 1.54) is 21.5 Å². The van der Waals surface area contributed by atoms with Crippen molar-refractivity contribution in [3.63, 3.8) is 0 Å². The first-order chi connectivity index (χ1) is 18.3. The molecular weight excluding hydrogens is 471 g/mol. The van der Waals surface area contributed by atoms with Gasteiger partial charge in [0.25, 0.3) is 0 Å². The van der Waals surface area contributed by atoms with Crippen LogP contribution in [0.15, 0.2) is 72.8 Å². The minimum absolute atomic E-state index is 0.382. The minimum atomic E-state index is 0.382. The Morgan fingerprint density at radius 1 is 0.595 bits per heavy atom. The van der Waals surface area contributed by atoms with Gasteiger partial charge < -0.3 is 9.47 Å². The Kier molecular flexibility index (Phi) is 16.4. The minimum Gasteiger partial charge on any atom is -0.492 e. The summed E-state index contributed by atoms with van der Waals surface area (Å²) in [5.74, 6) is 2.28. The van der Waals surface area contributed by atoms with Gasteiger partial charge in [-0.25, -0.2) is 0 Å². The van der Waals surface area contributed by atoms with Crippen LogP contribution in [0.3, 0.4) is 0 Å². The Hall–Kier alpha value is -2.57. The van der Waals surface area contributed by atoms with Gasteiger partial charge in [0.1, 0.15) is 11.5 Å². The average Bonchev–Trinajstić information content (AvgIpc) is 3.08. The monoisotopic (exact) mass is 520 g/mol. The molecule has 2 nitrogen and oxygen atoms in total. The molecule has 1 heterocycles. The quantitative estimate of drug-likeness (QED) is 0.250. The molecular formula is C34H49O2P. The molecule has 1 aliphatic rings. The van der Waals surface area contributed by atoms with E-state index in [4.69, 9.17) is 9.47 Å². The largest absolute Gasteiger partial charge is 0.492 e. The summed E-state index contributed by atoms with van der Waals surface area (Å²) in [5, 5.41) is 4.84. The van der Waals surface area contributed by atoms with Crippen LogP contribution in [0.5, 0.6) is 11.5 Å². The van der Waals surface area contributed by atoms with Crippen LogP contribution in [0.1, 0.15) is 68.2 Å². The molecule has 0 spiro atoms. The van der Waals surface area contributed by atoms with Gasteiger partial charge in [-0.15, -0.1) is 9.24 Å². The van der Waals surface area contributed by atoms with Gasteiger partial charge in [-0.05, 0) is 52.7 Å². The summed E-state index contributed by atoms with van der Waals surface area (Å²) in [6.45, 7) is 17.4. The van der Waals surface area contributed by atoms with E-state index >= 15 is 0 Å². The first-order valence-electron chi connectivity index (χ1n) is 14.3. The predicted molar refractivity (Wildman–Crippen MR) is 171 cm³/mol. The standard InChI is InChI=1S/C26H25O2P.4C2H6/c29-15-5-6-18-16-27-23-13-11-19-7-1-3-9-21(19)25(23)26-22-10-4-2-8-20(22)12-14-24(26)28-17-18;4*1-2/h1-4,7-14,18H,5-6,15-17,29H2;4*1-2H3. The van der Waals surface area contributed by atoms with Crippen molar-refractivity contribution in [1.82, 2.24) is 0 Å². The molecule has 4 aromatic rings. The van der Waals surface area contributed by atoms with Crippen LogP contribution in [0.25, 0.3) is 32.7 Å². The summed E-state index contributed by atoms with van der Waals surface area (Å²) >= 11 is 0. The third-order valence-corrected chi connectivity index (χ3v) is 6.21. The average molecular weight is 521 g/mol. The maximum atomic E-state index is 6.45. The molecule has 1 atom stereocenters. The molecule has 0 N–H and O–H groups in total. The van der Waals surface area contributed by atoms with Crippen molar-refractivity contribution < 1.29 is 9.47 Å². The number of hydrogen-bond donors (Lipinski definition) is 0. The summed E-state index contributed by atoms with van der Waals surface area (Å²) < 4.78 is 12.9. The molecule has 1 unspecified atom stereocenters. The molecule has 0 bridgehead atoms. The highest BCUT2D eigenvalue weighted by Crippen LogP contribution is 2.46. The number of hydrogen-bond acceptors (Lipinski definition) is 2. The molecule has 4 aromatic carbocycles. The molecule has 5 rings (SSSR count). The lowest BCUT2D eigenvalue weighted by Crippen LogP contribution is -2.19. The van der Waals surface area contributed by atoms with Crippen LogP contribution in [0.4, 0.5) is 0 Å². The summed E-state index contributed by atoms with van der Waals surface area (Å²) in [5.41, 5.74) is 2.28. The first kappa shape index (κ1) is 32.5. The molecule has 0 saturated carbocycles. The molecule has 0 amide bonds. The fourth-order valence-electron chi connectivity index (χ4n) is 4.30. The smallest absolute Gasteiger partial charge is 0.127 e. The lowest BCUT2D eigenvalue weighted by Gasteiger charge is -2.17. The van der Waals surface area contributed by atoms with E-state index in [1.54, 1.807) is 0 Å². The van der Waals surface area contributed by atoms with Crippen molar-refractivity contribution >= 4 is 30.8 Å². The lowest BCUT2D eigenvalue weighted by atomic mass is 9.92. The number of fused-ring (bicyclic) bond motifs is 7. The van der Waals surface area contributed by atoms with E-state index in [9.17, 15) is 0 Å². The first-order valence-corrected chi connectivity index (χ1v) is 15.2. The summed E-state index contributed by atoms with van der Waals surface area (Å²) in [4.78, 5) is 0. The van der Waals surface area contributed by atoms with E-state index in [-0.39, 0.29) is 0 Å². The van der Waals surface area contributed by atoms with E-state index in [0.29, 0.717) is 19.1 Å².